The van der Waals surface area contributed by atoms with E-state index in [-0.39, 0.29) is 0 Å². The largest absolute Gasteiger partial charge is 0.327 e. The summed E-state index contributed by atoms with van der Waals surface area (Å²) < 4.78 is 2.58. The topological polar surface area (TPSA) is 33.1 Å². The van der Waals surface area contributed by atoms with Crippen LogP contribution in [0.4, 0.5) is 0 Å². The molecule has 0 spiro atoms. The zero-order valence-corrected chi connectivity index (χ0v) is 14.6. The molecule has 0 fully saturated rings. The molecule has 0 saturated heterocycles. The predicted octanol–water partition coefficient (Wildman–Crippen LogP) is 2.49. The van der Waals surface area contributed by atoms with Crippen molar-refractivity contribution in [1.82, 2.24) is 19.8 Å². The van der Waals surface area contributed by atoms with E-state index in [9.17, 15) is 0 Å². The lowest BCUT2D eigenvalue weighted by Gasteiger charge is -2.30. The fourth-order valence-electron chi connectivity index (χ4n) is 3.25. The maximum atomic E-state index is 4.98. The summed E-state index contributed by atoms with van der Waals surface area (Å²) >= 11 is 0. The average molecular weight is 292 g/mol. The molecule has 21 heavy (non-hydrogen) atoms. The maximum Gasteiger partial charge on any atom is 0.109 e. The average Bonchev–Trinajstić information content (AvgIpc) is 2.72. The first-order chi connectivity index (χ1) is 9.90. The third kappa shape index (κ3) is 3.86. The number of likely N-dealkylation sites (N-methyl/N-ethyl adjacent to an activating group) is 1. The van der Waals surface area contributed by atoms with E-state index in [1.54, 1.807) is 0 Å². The maximum absolute atomic E-state index is 4.98. The second-order valence-electron chi connectivity index (χ2n) is 7.39. The third-order valence-corrected chi connectivity index (χ3v) is 4.24. The summed E-state index contributed by atoms with van der Waals surface area (Å²) in [6.07, 6.45) is 2.18. The van der Waals surface area contributed by atoms with Crippen molar-refractivity contribution < 1.29 is 0 Å². The molecule has 4 nitrogen and oxygen atoms in total. The summed E-state index contributed by atoms with van der Waals surface area (Å²) in [5.74, 6) is 2.55. The number of rotatable bonds is 6. The summed E-state index contributed by atoms with van der Waals surface area (Å²) in [7, 11) is 4.34. The van der Waals surface area contributed by atoms with Crippen LogP contribution in [0.5, 0.6) is 0 Å². The van der Waals surface area contributed by atoms with E-state index in [1.807, 2.05) is 0 Å². The molecule has 1 aliphatic heterocycles. The first kappa shape index (κ1) is 16.5. The first-order valence-corrected chi connectivity index (χ1v) is 8.34. The van der Waals surface area contributed by atoms with Gasteiger partial charge in [-0.25, -0.2) is 4.98 Å². The Bertz CT molecular complexity index is 460. The lowest BCUT2D eigenvalue weighted by molar-refractivity contribution is 0.258. The van der Waals surface area contributed by atoms with Crippen molar-refractivity contribution in [3.63, 3.8) is 0 Å². The monoisotopic (exact) mass is 292 g/mol. The molecule has 0 bridgehead atoms. The molecule has 2 rings (SSSR count). The minimum atomic E-state index is 0.517. The molecule has 0 saturated carbocycles. The van der Waals surface area contributed by atoms with Gasteiger partial charge < -0.3 is 14.8 Å². The zero-order chi connectivity index (χ0) is 15.6. The van der Waals surface area contributed by atoms with Crippen LogP contribution in [0.1, 0.15) is 50.9 Å². The molecule has 1 aliphatic rings. The van der Waals surface area contributed by atoms with E-state index < -0.39 is 0 Å². The van der Waals surface area contributed by atoms with Gasteiger partial charge in [-0.15, -0.1) is 0 Å². The first-order valence-electron chi connectivity index (χ1n) is 8.34. The molecule has 0 radical (unpaired) electrons. The molecular weight excluding hydrogens is 260 g/mol. The van der Waals surface area contributed by atoms with Gasteiger partial charge in [0.15, 0.2) is 0 Å². The van der Waals surface area contributed by atoms with Crippen molar-refractivity contribution in [2.45, 2.75) is 53.1 Å². The highest BCUT2D eigenvalue weighted by atomic mass is 15.2. The normalized spacial score (nSPS) is 16.8. The molecule has 2 heterocycles. The van der Waals surface area contributed by atoms with Crippen LogP contribution >= 0.6 is 0 Å². The van der Waals surface area contributed by atoms with E-state index in [1.165, 1.54) is 17.2 Å². The Morgan fingerprint density at radius 2 is 1.95 bits per heavy atom. The highest BCUT2D eigenvalue weighted by molar-refractivity contribution is 5.22. The van der Waals surface area contributed by atoms with Crippen LogP contribution < -0.4 is 5.32 Å². The Balaban J connectivity index is 2.44. The molecule has 0 aromatic carbocycles. The van der Waals surface area contributed by atoms with Gasteiger partial charge in [-0.05, 0) is 25.9 Å². The lowest BCUT2D eigenvalue weighted by atomic mass is 10.0. The summed E-state index contributed by atoms with van der Waals surface area (Å²) in [6, 6.07) is 0.517. The highest BCUT2D eigenvalue weighted by Gasteiger charge is 2.27. The molecule has 120 valence electrons. The second kappa shape index (κ2) is 6.93. The number of nitrogens with one attached hydrogen (secondary N) is 1. The van der Waals surface area contributed by atoms with E-state index >= 15 is 0 Å². The van der Waals surface area contributed by atoms with Gasteiger partial charge in [0.2, 0.25) is 0 Å². The third-order valence-electron chi connectivity index (χ3n) is 4.24. The number of imidazole rings is 1. The van der Waals surface area contributed by atoms with E-state index in [0.717, 1.165) is 32.5 Å². The quantitative estimate of drug-likeness (QED) is 0.874. The molecule has 1 N–H and O–H groups in total. The summed E-state index contributed by atoms with van der Waals surface area (Å²) in [5.41, 5.74) is 2.76. The molecular formula is C17H32N4. The van der Waals surface area contributed by atoms with Gasteiger partial charge in [0.1, 0.15) is 5.82 Å². The smallest absolute Gasteiger partial charge is 0.109 e. The van der Waals surface area contributed by atoms with E-state index in [0.29, 0.717) is 17.9 Å². The van der Waals surface area contributed by atoms with Gasteiger partial charge in [0.05, 0.1) is 11.7 Å². The Morgan fingerprint density at radius 1 is 1.24 bits per heavy atom. The van der Waals surface area contributed by atoms with Crippen LogP contribution in [0, 0.1) is 11.8 Å². The molecule has 1 aromatic rings. The minimum absolute atomic E-state index is 0.517. The van der Waals surface area contributed by atoms with Crippen molar-refractivity contribution in [2.24, 2.45) is 11.8 Å². The second-order valence-corrected chi connectivity index (χ2v) is 7.39. The van der Waals surface area contributed by atoms with Gasteiger partial charge in [-0.1, -0.05) is 27.7 Å². The van der Waals surface area contributed by atoms with Crippen LogP contribution in [0.15, 0.2) is 0 Å². The Labute approximate surface area is 129 Å². The number of aromatic nitrogens is 2. The van der Waals surface area contributed by atoms with Gasteiger partial charge in [0.25, 0.3) is 0 Å². The zero-order valence-electron chi connectivity index (χ0n) is 14.6. The summed E-state index contributed by atoms with van der Waals surface area (Å²) in [4.78, 5) is 7.29. The Kier molecular flexibility index (Phi) is 5.44. The van der Waals surface area contributed by atoms with E-state index in [2.05, 4.69) is 56.6 Å². The lowest BCUT2D eigenvalue weighted by Crippen LogP contribution is -2.32. The fourth-order valence-corrected chi connectivity index (χ4v) is 3.25. The molecule has 0 amide bonds. The van der Waals surface area contributed by atoms with Crippen molar-refractivity contribution in [3.05, 3.63) is 17.2 Å². The molecule has 4 heteroatoms. The van der Waals surface area contributed by atoms with Crippen LogP contribution in [-0.2, 0) is 19.4 Å². The van der Waals surface area contributed by atoms with Gasteiger partial charge in [-0.2, -0.15) is 0 Å². The van der Waals surface area contributed by atoms with Crippen LogP contribution in [0.25, 0.3) is 0 Å². The van der Waals surface area contributed by atoms with Crippen LogP contribution in [-0.4, -0.2) is 41.6 Å². The van der Waals surface area contributed by atoms with Crippen molar-refractivity contribution in [1.29, 1.82) is 0 Å². The molecule has 0 aliphatic carbocycles. The standard InChI is InChI=1S/C17H32N4/c1-12(2)9-17-19-14-10-18-8-7-15(14)21(17)16(13(3)4)11-20(5)6/h12-13,16,18H,7-11H2,1-6H3. The number of fused-ring (bicyclic) bond motifs is 1. The Morgan fingerprint density at radius 3 is 2.52 bits per heavy atom. The van der Waals surface area contributed by atoms with Crippen molar-refractivity contribution >= 4 is 0 Å². The van der Waals surface area contributed by atoms with Gasteiger partial charge >= 0.3 is 0 Å². The van der Waals surface area contributed by atoms with Crippen LogP contribution in [0.2, 0.25) is 0 Å². The number of hydrogen-bond donors (Lipinski definition) is 1. The number of nitrogens with zero attached hydrogens (tertiary/aromatic N) is 3. The van der Waals surface area contributed by atoms with E-state index in [4.69, 9.17) is 4.98 Å². The van der Waals surface area contributed by atoms with Crippen LogP contribution in [0.3, 0.4) is 0 Å². The van der Waals surface area contributed by atoms with Crippen molar-refractivity contribution in [2.75, 3.05) is 27.2 Å². The summed E-state index contributed by atoms with van der Waals surface area (Å²) in [6.45, 7) is 12.3. The fraction of sp³-hybridized carbons (Fsp3) is 0.824. The number of hydrogen-bond acceptors (Lipinski definition) is 3. The van der Waals surface area contributed by atoms with Crippen molar-refractivity contribution in [3.8, 4) is 0 Å². The summed E-state index contributed by atoms with van der Waals surface area (Å²) in [5, 5.41) is 3.46. The molecule has 1 atom stereocenters. The molecule has 1 unspecified atom stereocenters. The Hall–Kier alpha value is -0.870. The predicted molar refractivity (Wildman–Crippen MR) is 88.6 cm³/mol. The van der Waals surface area contributed by atoms with Gasteiger partial charge in [-0.3, -0.25) is 0 Å². The minimum Gasteiger partial charge on any atom is -0.327 e. The van der Waals surface area contributed by atoms with Gasteiger partial charge in [0, 0.05) is 38.2 Å². The molecule has 1 aromatic heterocycles. The highest BCUT2D eigenvalue weighted by Crippen LogP contribution is 2.28. The SMILES string of the molecule is CC(C)Cc1nc2c(n1C(CN(C)C)C(C)C)CCNC2.